The number of hydrogen-bond donors (Lipinski definition) is 1. The summed E-state index contributed by atoms with van der Waals surface area (Å²) < 4.78 is 18.2. The quantitative estimate of drug-likeness (QED) is 0.754. The molecule has 0 aliphatic heterocycles. The van der Waals surface area contributed by atoms with Crippen molar-refractivity contribution in [3.63, 3.8) is 0 Å². The van der Waals surface area contributed by atoms with Crippen molar-refractivity contribution in [3.8, 4) is 11.8 Å². The first-order valence-electron chi connectivity index (χ1n) is 7.45. The summed E-state index contributed by atoms with van der Waals surface area (Å²) in [5, 5.41) is 0.507. The zero-order valence-electron chi connectivity index (χ0n) is 13.1. The fraction of sp³-hybridized carbons (Fsp3) is 0.158. The van der Waals surface area contributed by atoms with Crippen molar-refractivity contribution in [1.82, 2.24) is 9.97 Å². The van der Waals surface area contributed by atoms with Crippen molar-refractivity contribution < 1.29 is 9.13 Å². The Balaban J connectivity index is 1.97. The maximum atomic E-state index is 13.2. The summed E-state index contributed by atoms with van der Waals surface area (Å²) >= 11 is 0. The lowest BCUT2D eigenvalue weighted by Crippen LogP contribution is -2.13. The summed E-state index contributed by atoms with van der Waals surface area (Å²) in [6, 6.07) is 11.3. The van der Waals surface area contributed by atoms with Crippen LogP contribution in [-0.4, -0.2) is 23.7 Å². The highest BCUT2D eigenvalue weighted by atomic mass is 19.1. The van der Waals surface area contributed by atoms with Gasteiger partial charge < -0.3 is 9.72 Å². The first-order chi connectivity index (χ1) is 11.7. The molecule has 0 spiro atoms. The van der Waals surface area contributed by atoms with Crippen LogP contribution in [0, 0.1) is 17.7 Å². The maximum absolute atomic E-state index is 13.2. The van der Waals surface area contributed by atoms with Crippen LogP contribution < -0.4 is 5.56 Å². The Bertz CT molecular complexity index is 999. The molecule has 120 valence electrons. The summed E-state index contributed by atoms with van der Waals surface area (Å²) in [5.41, 5.74) is 1.70. The van der Waals surface area contributed by atoms with Crippen LogP contribution in [0.1, 0.15) is 17.0 Å². The molecule has 3 aromatic rings. The normalized spacial score (nSPS) is 10.4. The minimum absolute atomic E-state index is 0.184. The highest BCUT2D eigenvalue weighted by Gasteiger charge is 2.04. The van der Waals surface area contributed by atoms with E-state index in [9.17, 15) is 9.18 Å². The molecule has 1 heterocycles. The number of nitrogens with zero attached hydrogens (tertiary/aromatic N) is 1. The van der Waals surface area contributed by atoms with E-state index in [-0.39, 0.29) is 11.4 Å². The number of hydrogen-bond acceptors (Lipinski definition) is 3. The second-order valence-electron chi connectivity index (χ2n) is 5.25. The van der Waals surface area contributed by atoms with Crippen LogP contribution in [-0.2, 0) is 11.2 Å². The fourth-order valence-electron chi connectivity index (χ4n) is 2.29. The Morgan fingerprint density at radius 1 is 1.17 bits per heavy atom. The summed E-state index contributed by atoms with van der Waals surface area (Å²) in [5.74, 6) is 6.13. The molecule has 0 bridgehead atoms. The van der Waals surface area contributed by atoms with Crippen molar-refractivity contribution >= 4 is 10.9 Å². The molecule has 0 aliphatic rings. The van der Waals surface area contributed by atoms with E-state index in [1.165, 1.54) is 12.1 Å². The first kappa shape index (κ1) is 15.9. The number of H-pyrrole nitrogens is 1. The zero-order chi connectivity index (χ0) is 16.9. The van der Waals surface area contributed by atoms with E-state index in [2.05, 4.69) is 21.8 Å². The molecule has 1 aromatic heterocycles. The van der Waals surface area contributed by atoms with Gasteiger partial charge in [0.15, 0.2) is 0 Å². The predicted molar refractivity (Wildman–Crippen MR) is 90.3 cm³/mol. The molecule has 4 nitrogen and oxygen atoms in total. The van der Waals surface area contributed by atoms with Gasteiger partial charge in [0.1, 0.15) is 11.6 Å². The Kier molecular flexibility index (Phi) is 4.69. The van der Waals surface area contributed by atoms with Gasteiger partial charge >= 0.3 is 0 Å². The maximum Gasteiger partial charge on any atom is 0.258 e. The number of ether oxygens (including phenoxy) is 1. The highest BCUT2D eigenvalue weighted by Crippen LogP contribution is 2.10. The van der Waals surface area contributed by atoms with Gasteiger partial charge in [-0.3, -0.25) is 4.79 Å². The highest BCUT2D eigenvalue weighted by molar-refractivity contribution is 5.79. The predicted octanol–water partition coefficient (Wildman–Crippen LogP) is 2.65. The topological polar surface area (TPSA) is 55.0 Å². The fourth-order valence-corrected chi connectivity index (χ4v) is 2.29. The Hall–Kier alpha value is -2.97. The molecule has 1 N–H and O–H groups in total. The van der Waals surface area contributed by atoms with E-state index in [4.69, 9.17) is 4.74 Å². The van der Waals surface area contributed by atoms with E-state index in [1.54, 1.807) is 37.4 Å². The van der Waals surface area contributed by atoms with Crippen LogP contribution in [0.15, 0.2) is 47.3 Å². The molecule has 0 radical (unpaired) electrons. The third-order valence-electron chi connectivity index (χ3n) is 3.47. The molecule has 0 fully saturated rings. The van der Waals surface area contributed by atoms with E-state index < -0.39 is 0 Å². The number of rotatable bonds is 3. The summed E-state index contributed by atoms with van der Waals surface area (Å²) in [6.07, 6.45) is 0.529. The van der Waals surface area contributed by atoms with Crippen molar-refractivity contribution in [2.75, 3.05) is 13.7 Å². The molecule has 5 heteroatoms. The minimum atomic E-state index is -0.323. The Labute approximate surface area is 138 Å². The van der Waals surface area contributed by atoms with Gasteiger partial charge in [-0.25, -0.2) is 9.37 Å². The number of aromatic nitrogens is 2. The summed E-state index contributed by atoms with van der Waals surface area (Å²) in [6.45, 7) is 0.480. The van der Waals surface area contributed by atoms with Crippen LogP contribution >= 0.6 is 0 Å². The van der Waals surface area contributed by atoms with Crippen molar-refractivity contribution in [1.29, 1.82) is 0 Å². The van der Waals surface area contributed by atoms with Gasteiger partial charge in [0.2, 0.25) is 0 Å². The number of benzene rings is 2. The molecule has 3 rings (SSSR count). The largest absolute Gasteiger partial charge is 0.384 e. The summed E-state index contributed by atoms with van der Waals surface area (Å²) in [4.78, 5) is 19.3. The van der Waals surface area contributed by atoms with Crippen LogP contribution in [0.2, 0.25) is 0 Å². The molecule has 2 aromatic carbocycles. The number of fused-ring (bicyclic) bond motifs is 1. The minimum Gasteiger partial charge on any atom is -0.384 e. The molecule has 24 heavy (non-hydrogen) atoms. The van der Waals surface area contributed by atoms with E-state index >= 15 is 0 Å². The van der Waals surface area contributed by atoms with Crippen molar-refractivity contribution in [2.45, 2.75) is 6.42 Å². The smallest absolute Gasteiger partial charge is 0.258 e. The van der Waals surface area contributed by atoms with Gasteiger partial charge in [-0.2, -0.15) is 0 Å². The Morgan fingerprint density at radius 2 is 1.96 bits per heavy atom. The monoisotopic (exact) mass is 322 g/mol. The molecule has 0 saturated heterocycles. The number of halogens is 1. The second kappa shape index (κ2) is 7.07. The van der Waals surface area contributed by atoms with Crippen LogP contribution in [0.4, 0.5) is 4.39 Å². The number of aromatic amines is 1. The van der Waals surface area contributed by atoms with E-state index in [1.807, 2.05) is 0 Å². The molecule has 0 amide bonds. The SMILES string of the molecule is COCCc1nc2cc(C#Cc3cccc(F)c3)ccc2c(=O)[nH]1. The van der Waals surface area contributed by atoms with Gasteiger partial charge in [0.05, 0.1) is 17.5 Å². The van der Waals surface area contributed by atoms with E-state index in [0.29, 0.717) is 40.9 Å². The van der Waals surface area contributed by atoms with Gasteiger partial charge in [-0.15, -0.1) is 0 Å². The summed E-state index contributed by atoms with van der Waals surface area (Å²) in [7, 11) is 1.60. The van der Waals surface area contributed by atoms with Crippen LogP contribution in [0.25, 0.3) is 10.9 Å². The van der Waals surface area contributed by atoms with Gasteiger partial charge in [0, 0.05) is 24.7 Å². The molecule has 0 aliphatic carbocycles. The first-order valence-corrected chi connectivity index (χ1v) is 7.45. The average molecular weight is 322 g/mol. The third kappa shape index (κ3) is 3.67. The van der Waals surface area contributed by atoms with Crippen LogP contribution in [0.5, 0.6) is 0 Å². The standard InChI is InChI=1S/C19H15FN2O2/c1-24-10-9-18-21-17-12-14(7-8-16(17)19(23)22-18)6-5-13-3-2-4-15(20)11-13/h2-4,7-8,11-12H,9-10H2,1H3,(H,21,22,23). The van der Waals surface area contributed by atoms with Crippen molar-refractivity contribution in [3.05, 3.63) is 75.6 Å². The Morgan fingerprint density at radius 3 is 2.71 bits per heavy atom. The van der Waals surface area contributed by atoms with Gasteiger partial charge in [0.25, 0.3) is 5.56 Å². The molecule has 0 unspecified atom stereocenters. The average Bonchev–Trinajstić information content (AvgIpc) is 2.58. The lowest BCUT2D eigenvalue weighted by atomic mass is 10.1. The molecule has 0 saturated carbocycles. The number of nitrogens with one attached hydrogen (secondary N) is 1. The van der Waals surface area contributed by atoms with Crippen molar-refractivity contribution in [2.24, 2.45) is 0 Å². The van der Waals surface area contributed by atoms with Gasteiger partial charge in [-0.1, -0.05) is 17.9 Å². The third-order valence-corrected chi connectivity index (χ3v) is 3.47. The molecular formula is C19H15FN2O2. The van der Waals surface area contributed by atoms with E-state index in [0.717, 1.165) is 0 Å². The number of methoxy groups -OCH3 is 1. The lowest BCUT2D eigenvalue weighted by molar-refractivity contribution is 0.200. The van der Waals surface area contributed by atoms with Gasteiger partial charge in [-0.05, 0) is 36.4 Å². The lowest BCUT2D eigenvalue weighted by Gasteiger charge is -2.03. The molecule has 0 atom stereocenters. The molecular weight excluding hydrogens is 307 g/mol. The second-order valence-corrected chi connectivity index (χ2v) is 5.25. The zero-order valence-corrected chi connectivity index (χ0v) is 13.1. The van der Waals surface area contributed by atoms with Crippen LogP contribution in [0.3, 0.4) is 0 Å².